The number of benzene rings is 1. The molecule has 1 aromatic carbocycles. The van der Waals surface area contributed by atoms with Crippen LogP contribution in [0.15, 0.2) is 55.6 Å². The van der Waals surface area contributed by atoms with Crippen LogP contribution in [-0.2, 0) is 30.5 Å². The van der Waals surface area contributed by atoms with E-state index in [-0.39, 0.29) is 50.5 Å². The fourth-order valence-electron chi connectivity index (χ4n) is 4.18. The molecule has 2 rings (SSSR count). The molecule has 208 valence electrons. The van der Waals surface area contributed by atoms with Gasteiger partial charge < -0.3 is 30.1 Å². The van der Waals surface area contributed by atoms with Gasteiger partial charge >= 0.3 is 12.1 Å². The summed E-state index contributed by atoms with van der Waals surface area (Å²) in [7, 11) is 0. The van der Waals surface area contributed by atoms with Gasteiger partial charge in [-0.1, -0.05) is 42.5 Å². The first kappa shape index (κ1) is 30.6. The number of carbonyl (C=O) groups excluding carboxylic acids is 4. The van der Waals surface area contributed by atoms with Crippen LogP contribution in [-0.4, -0.2) is 71.8 Å². The van der Waals surface area contributed by atoms with Crippen molar-refractivity contribution in [2.75, 3.05) is 19.8 Å². The molecule has 4 atom stereocenters. The molecule has 0 spiro atoms. The maximum atomic E-state index is 13.3. The molecule has 10 nitrogen and oxygen atoms in total. The molecule has 0 radical (unpaired) electrons. The van der Waals surface area contributed by atoms with E-state index in [9.17, 15) is 19.2 Å². The third-order valence-corrected chi connectivity index (χ3v) is 6.18. The van der Waals surface area contributed by atoms with Gasteiger partial charge in [0.1, 0.15) is 19.3 Å². The summed E-state index contributed by atoms with van der Waals surface area (Å²) in [5.41, 5.74) is 0.812. The van der Waals surface area contributed by atoms with E-state index in [1.807, 2.05) is 30.3 Å². The Hall–Kier alpha value is -3.66. The number of rotatable bonds is 15. The number of likely N-dealkylation sites (tertiary alicyclic amines) is 1. The highest BCUT2D eigenvalue weighted by atomic mass is 16.6. The summed E-state index contributed by atoms with van der Waals surface area (Å²) in [4.78, 5) is 52.2. The van der Waals surface area contributed by atoms with Crippen molar-refractivity contribution in [3.05, 3.63) is 61.2 Å². The van der Waals surface area contributed by atoms with Crippen LogP contribution in [0, 0.1) is 5.92 Å². The zero-order valence-corrected chi connectivity index (χ0v) is 22.0. The van der Waals surface area contributed by atoms with Gasteiger partial charge in [-0.3, -0.25) is 9.59 Å². The molecule has 0 aromatic heterocycles. The second-order valence-corrected chi connectivity index (χ2v) is 9.32. The molecular weight excluding hydrogens is 490 g/mol. The number of nitrogens with zero attached hydrogens (tertiary/aromatic N) is 1. The minimum atomic E-state index is -0.980. The number of aliphatic hydroxyl groups excluding tert-OH is 1. The number of nitrogens with one attached hydrogen (secondary N) is 2. The third-order valence-electron chi connectivity index (χ3n) is 6.18. The zero-order valence-electron chi connectivity index (χ0n) is 22.0. The van der Waals surface area contributed by atoms with Crippen molar-refractivity contribution in [1.29, 1.82) is 0 Å². The van der Waals surface area contributed by atoms with E-state index in [0.29, 0.717) is 19.4 Å². The summed E-state index contributed by atoms with van der Waals surface area (Å²) in [5, 5.41) is 14.3. The molecule has 1 fully saturated rings. The lowest BCUT2D eigenvalue weighted by Gasteiger charge is -2.29. The normalized spacial score (nSPS) is 17.0. The minimum absolute atomic E-state index is 0.0331. The highest BCUT2D eigenvalue weighted by Gasteiger charge is 2.35. The summed E-state index contributed by atoms with van der Waals surface area (Å²) >= 11 is 0. The van der Waals surface area contributed by atoms with E-state index < -0.39 is 30.1 Å². The summed E-state index contributed by atoms with van der Waals surface area (Å²) < 4.78 is 10.7. The van der Waals surface area contributed by atoms with Crippen LogP contribution in [0.1, 0.15) is 44.6 Å². The molecule has 1 saturated heterocycles. The van der Waals surface area contributed by atoms with Crippen LogP contribution < -0.4 is 10.6 Å². The maximum absolute atomic E-state index is 13.3. The number of ether oxygens (including phenoxy) is 2. The lowest BCUT2D eigenvalue weighted by atomic mass is 9.98. The number of hydrogen-bond donors (Lipinski definition) is 3. The van der Waals surface area contributed by atoms with Crippen LogP contribution in [0.2, 0.25) is 0 Å². The van der Waals surface area contributed by atoms with Gasteiger partial charge in [0, 0.05) is 19.0 Å². The summed E-state index contributed by atoms with van der Waals surface area (Å²) in [6.45, 7) is 9.32. The molecule has 3 N–H and O–H groups in total. The molecule has 0 bridgehead atoms. The standard InChI is InChI=1S/C28H39N3O7/c1-4-10-22(16-25(33)29-20(3)17-32)26(34)31-15-9-14-23(31)19-37-27(35)24(11-5-2)30-28(36)38-18-21-12-7-6-8-13-21/h4-8,12-13,20,22-24,32H,1-2,9-11,14-19H2,3H3,(H,29,33)(H,30,36). The molecule has 1 heterocycles. The topological polar surface area (TPSA) is 134 Å². The lowest BCUT2D eigenvalue weighted by Crippen LogP contribution is -2.46. The minimum Gasteiger partial charge on any atom is -0.462 e. The van der Waals surface area contributed by atoms with Crippen molar-refractivity contribution in [1.82, 2.24) is 15.5 Å². The van der Waals surface area contributed by atoms with Crippen molar-refractivity contribution in [2.45, 2.75) is 63.8 Å². The Morgan fingerprint density at radius 3 is 2.47 bits per heavy atom. The number of hydrogen-bond acceptors (Lipinski definition) is 7. The number of esters is 1. The maximum Gasteiger partial charge on any atom is 0.408 e. The van der Waals surface area contributed by atoms with E-state index in [4.69, 9.17) is 14.6 Å². The van der Waals surface area contributed by atoms with Crippen LogP contribution in [0.4, 0.5) is 4.79 Å². The largest absolute Gasteiger partial charge is 0.462 e. The Balaban J connectivity index is 1.92. The smallest absolute Gasteiger partial charge is 0.408 e. The molecule has 0 saturated carbocycles. The monoisotopic (exact) mass is 529 g/mol. The van der Waals surface area contributed by atoms with Crippen LogP contribution >= 0.6 is 0 Å². The number of allylic oxidation sites excluding steroid dienone is 1. The molecular formula is C28H39N3O7. The Morgan fingerprint density at radius 2 is 1.82 bits per heavy atom. The van der Waals surface area contributed by atoms with Crippen LogP contribution in [0.3, 0.4) is 0 Å². The first-order chi connectivity index (χ1) is 18.3. The fraction of sp³-hybridized carbons (Fsp3) is 0.500. The summed E-state index contributed by atoms with van der Waals surface area (Å²) in [6, 6.07) is 7.43. The number of aliphatic hydroxyl groups is 1. The molecule has 4 unspecified atom stereocenters. The van der Waals surface area contributed by atoms with Gasteiger partial charge in [0.15, 0.2) is 0 Å². The average Bonchev–Trinajstić information content (AvgIpc) is 3.38. The highest BCUT2D eigenvalue weighted by Crippen LogP contribution is 2.23. The molecule has 0 aliphatic carbocycles. The van der Waals surface area contributed by atoms with Gasteiger partial charge in [-0.25, -0.2) is 9.59 Å². The molecule has 1 aliphatic rings. The van der Waals surface area contributed by atoms with Gasteiger partial charge in [0.2, 0.25) is 11.8 Å². The Morgan fingerprint density at radius 1 is 1.11 bits per heavy atom. The first-order valence-electron chi connectivity index (χ1n) is 12.8. The Kier molecular flexibility index (Phi) is 13.1. The first-order valence-corrected chi connectivity index (χ1v) is 12.8. The van der Waals surface area contributed by atoms with Crippen LogP contribution in [0.25, 0.3) is 0 Å². The van der Waals surface area contributed by atoms with E-state index in [1.165, 1.54) is 6.08 Å². The lowest BCUT2D eigenvalue weighted by molar-refractivity contribution is -0.150. The van der Waals surface area contributed by atoms with Crippen molar-refractivity contribution in [3.63, 3.8) is 0 Å². The predicted octanol–water partition coefficient (Wildman–Crippen LogP) is 2.47. The van der Waals surface area contributed by atoms with Crippen LogP contribution in [0.5, 0.6) is 0 Å². The number of amides is 3. The summed E-state index contributed by atoms with van der Waals surface area (Å²) in [5.74, 6) is -1.79. The summed E-state index contributed by atoms with van der Waals surface area (Å²) in [6.07, 6.45) is 4.16. The van der Waals surface area contributed by atoms with E-state index in [0.717, 1.165) is 12.0 Å². The highest BCUT2D eigenvalue weighted by molar-refractivity contribution is 5.86. The van der Waals surface area contributed by atoms with Gasteiger partial charge in [-0.2, -0.15) is 0 Å². The van der Waals surface area contributed by atoms with E-state index in [1.54, 1.807) is 17.9 Å². The van der Waals surface area contributed by atoms with Crippen molar-refractivity contribution in [3.8, 4) is 0 Å². The van der Waals surface area contributed by atoms with Gasteiger partial charge in [-0.05, 0) is 38.2 Å². The fourth-order valence-corrected chi connectivity index (χ4v) is 4.18. The second-order valence-electron chi connectivity index (χ2n) is 9.32. The third kappa shape index (κ3) is 10.0. The molecule has 38 heavy (non-hydrogen) atoms. The number of carbonyl (C=O) groups is 4. The Bertz CT molecular complexity index is 953. The van der Waals surface area contributed by atoms with Gasteiger partial charge in [0.05, 0.1) is 18.6 Å². The Labute approximate surface area is 224 Å². The van der Waals surface area contributed by atoms with Crippen molar-refractivity contribution < 1.29 is 33.8 Å². The molecule has 1 aromatic rings. The van der Waals surface area contributed by atoms with E-state index in [2.05, 4.69) is 23.8 Å². The second kappa shape index (κ2) is 16.2. The molecule has 3 amide bonds. The molecule has 10 heteroatoms. The predicted molar refractivity (Wildman–Crippen MR) is 142 cm³/mol. The quantitative estimate of drug-likeness (QED) is 0.235. The SMILES string of the molecule is C=CCC(CC(=O)NC(C)CO)C(=O)N1CCCC1COC(=O)C(CC=C)NC(=O)OCc1ccccc1. The van der Waals surface area contributed by atoms with Gasteiger partial charge in [-0.15, -0.1) is 13.2 Å². The van der Waals surface area contributed by atoms with Crippen molar-refractivity contribution in [2.24, 2.45) is 5.92 Å². The number of alkyl carbamates (subject to hydrolysis) is 1. The van der Waals surface area contributed by atoms with E-state index >= 15 is 0 Å². The van der Waals surface area contributed by atoms with Gasteiger partial charge in [0.25, 0.3) is 0 Å². The average molecular weight is 530 g/mol. The molecule has 1 aliphatic heterocycles. The zero-order chi connectivity index (χ0) is 27.9. The van der Waals surface area contributed by atoms with Crippen molar-refractivity contribution >= 4 is 23.9 Å².